The predicted octanol–water partition coefficient (Wildman–Crippen LogP) is 2.70. The lowest BCUT2D eigenvalue weighted by molar-refractivity contribution is -0.139. The summed E-state index contributed by atoms with van der Waals surface area (Å²) >= 11 is 0. The third kappa shape index (κ3) is 5.12. The van der Waals surface area contributed by atoms with Crippen LogP contribution in [0, 0.1) is 5.92 Å². The average molecular weight is 263 g/mol. The summed E-state index contributed by atoms with van der Waals surface area (Å²) in [4.78, 5) is 23.1. The van der Waals surface area contributed by atoms with E-state index in [1.807, 2.05) is 13.0 Å². The van der Waals surface area contributed by atoms with Crippen LogP contribution in [0.25, 0.3) is 0 Å². The van der Waals surface area contributed by atoms with Crippen molar-refractivity contribution in [3.05, 3.63) is 35.9 Å². The number of hydrogen-bond acceptors (Lipinski definition) is 2. The van der Waals surface area contributed by atoms with Crippen LogP contribution in [-0.2, 0) is 4.79 Å². The van der Waals surface area contributed by atoms with Gasteiger partial charge in [0.2, 0.25) is 0 Å². The van der Waals surface area contributed by atoms with Crippen LogP contribution in [0.2, 0.25) is 0 Å². The fraction of sp³-hybridized carbons (Fsp3) is 0.467. The van der Waals surface area contributed by atoms with Gasteiger partial charge >= 0.3 is 5.97 Å². The van der Waals surface area contributed by atoms with Crippen molar-refractivity contribution in [3.63, 3.8) is 0 Å². The fourth-order valence-electron chi connectivity index (χ4n) is 2.07. The molecule has 0 radical (unpaired) electrons. The summed E-state index contributed by atoms with van der Waals surface area (Å²) in [5, 5.41) is 11.8. The van der Waals surface area contributed by atoms with Gasteiger partial charge in [0.15, 0.2) is 0 Å². The fourth-order valence-corrected chi connectivity index (χ4v) is 2.07. The second-order valence-corrected chi connectivity index (χ2v) is 4.86. The number of amides is 1. The maximum atomic E-state index is 11.9. The molecule has 2 atom stereocenters. The summed E-state index contributed by atoms with van der Waals surface area (Å²) in [6.45, 7) is 4.07. The Bertz CT molecular complexity index is 417. The van der Waals surface area contributed by atoms with Crippen molar-refractivity contribution in [3.8, 4) is 0 Å². The van der Waals surface area contributed by atoms with Gasteiger partial charge in [-0.3, -0.25) is 4.79 Å². The van der Waals surface area contributed by atoms with Crippen molar-refractivity contribution in [2.75, 3.05) is 0 Å². The Labute approximate surface area is 113 Å². The first kappa shape index (κ1) is 15.2. The van der Waals surface area contributed by atoms with Gasteiger partial charge in [0.25, 0.3) is 5.91 Å². The lowest BCUT2D eigenvalue weighted by atomic mass is 9.97. The van der Waals surface area contributed by atoms with Gasteiger partial charge < -0.3 is 10.4 Å². The molecule has 0 saturated heterocycles. The SMILES string of the molecule is CCCC(C)CC(NC(=O)c1ccccc1)C(=O)O. The van der Waals surface area contributed by atoms with E-state index in [1.54, 1.807) is 24.3 Å². The number of nitrogens with one attached hydrogen (secondary N) is 1. The molecule has 0 bridgehead atoms. The third-order valence-electron chi connectivity index (χ3n) is 3.06. The Morgan fingerprint density at radius 3 is 2.42 bits per heavy atom. The van der Waals surface area contributed by atoms with Gasteiger partial charge in [0.1, 0.15) is 6.04 Å². The monoisotopic (exact) mass is 263 g/mol. The number of carboxylic acid groups (broad SMARTS) is 1. The topological polar surface area (TPSA) is 66.4 Å². The van der Waals surface area contributed by atoms with Crippen LogP contribution in [0.5, 0.6) is 0 Å². The summed E-state index contributed by atoms with van der Waals surface area (Å²) in [5.74, 6) is -1.04. The molecule has 1 amide bonds. The van der Waals surface area contributed by atoms with Crippen molar-refractivity contribution < 1.29 is 14.7 Å². The van der Waals surface area contributed by atoms with Crippen molar-refractivity contribution in [2.45, 2.75) is 39.2 Å². The largest absolute Gasteiger partial charge is 0.480 e. The summed E-state index contributed by atoms with van der Waals surface area (Å²) < 4.78 is 0. The first-order valence-corrected chi connectivity index (χ1v) is 6.63. The zero-order valence-corrected chi connectivity index (χ0v) is 11.4. The van der Waals surface area contributed by atoms with E-state index >= 15 is 0 Å². The van der Waals surface area contributed by atoms with Gasteiger partial charge in [0, 0.05) is 5.56 Å². The smallest absolute Gasteiger partial charge is 0.326 e. The number of rotatable bonds is 7. The molecule has 2 N–H and O–H groups in total. The van der Waals surface area contributed by atoms with E-state index in [0.717, 1.165) is 12.8 Å². The number of carboxylic acids is 1. The normalized spacial score (nSPS) is 13.6. The first-order chi connectivity index (χ1) is 9.04. The molecule has 4 heteroatoms. The van der Waals surface area contributed by atoms with Crippen molar-refractivity contribution in [1.29, 1.82) is 0 Å². The number of aliphatic carboxylic acids is 1. The lowest BCUT2D eigenvalue weighted by Gasteiger charge is -2.18. The van der Waals surface area contributed by atoms with E-state index in [-0.39, 0.29) is 11.8 Å². The number of hydrogen-bond donors (Lipinski definition) is 2. The molecule has 104 valence electrons. The molecule has 1 aromatic rings. The van der Waals surface area contributed by atoms with Crippen molar-refractivity contribution >= 4 is 11.9 Å². The minimum absolute atomic E-state index is 0.280. The van der Waals surface area contributed by atoms with Gasteiger partial charge in [-0.05, 0) is 24.5 Å². The van der Waals surface area contributed by atoms with E-state index in [2.05, 4.69) is 12.2 Å². The van der Waals surface area contributed by atoms with E-state index in [4.69, 9.17) is 0 Å². The Hall–Kier alpha value is -1.84. The second kappa shape index (κ2) is 7.56. The molecule has 0 aliphatic rings. The summed E-state index contributed by atoms with van der Waals surface area (Å²) in [7, 11) is 0. The van der Waals surface area contributed by atoms with Gasteiger partial charge in [-0.2, -0.15) is 0 Å². The number of benzene rings is 1. The maximum Gasteiger partial charge on any atom is 0.326 e. The Kier molecular flexibility index (Phi) is 6.06. The van der Waals surface area contributed by atoms with Crippen molar-refractivity contribution in [2.24, 2.45) is 5.92 Å². The molecule has 2 unspecified atom stereocenters. The zero-order chi connectivity index (χ0) is 14.3. The van der Waals surface area contributed by atoms with Crippen LogP contribution in [0.3, 0.4) is 0 Å². The molecule has 0 aliphatic carbocycles. The van der Waals surface area contributed by atoms with Gasteiger partial charge in [-0.25, -0.2) is 4.79 Å². The minimum Gasteiger partial charge on any atom is -0.480 e. The molecule has 1 rings (SSSR count). The quantitative estimate of drug-likeness (QED) is 0.794. The highest BCUT2D eigenvalue weighted by Gasteiger charge is 2.22. The Morgan fingerprint density at radius 2 is 1.89 bits per heavy atom. The zero-order valence-electron chi connectivity index (χ0n) is 11.4. The average Bonchev–Trinajstić information content (AvgIpc) is 2.39. The minimum atomic E-state index is -0.979. The van der Waals surface area contributed by atoms with Gasteiger partial charge in [-0.1, -0.05) is 44.9 Å². The third-order valence-corrected chi connectivity index (χ3v) is 3.06. The van der Waals surface area contributed by atoms with Crippen LogP contribution >= 0.6 is 0 Å². The van der Waals surface area contributed by atoms with Crippen LogP contribution in [0.1, 0.15) is 43.5 Å². The van der Waals surface area contributed by atoms with Crippen LogP contribution in [0.4, 0.5) is 0 Å². The molecule has 0 aliphatic heterocycles. The molecule has 0 spiro atoms. The van der Waals surface area contributed by atoms with Crippen LogP contribution in [0.15, 0.2) is 30.3 Å². The van der Waals surface area contributed by atoms with Crippen molar-refractivity contribution in [1.82, 2.24) is 5.32 Å². The highest BCUT2D eigenvalue weighted by Crippen LogP contribution is 2.13. The summed E-state index contributed by atoms with van der Waals surface area (Å²) in [6.07, 6.45) is 2.44. The molecular weight excluding hydrogens is 242 g/mol. The van der Waals surface area contributed by atoms with Crippen LogP contribution < -0.4 is 5.32 Å². The molecule has 4 nitrogen and oxygen atoms in total. The molecule has 0 aromatic heterocycles. The maximum absolute atomic E-state index is 11.9. The lowest BCUT2D eigenvalue weighted by Crippen LogP contribution is -2.41. The van der Waals surface area contributed by atoms with E-state index in [0.29, 0.717) is 12.0 Å². The first-order valence-electron chi connectivity index (χ1n) is 6.63. The van der Waals surface area contributed by atoms with Crippen LogP contribution in [-0.4, -0.2) is 23.0 Å². The van der Waals surface area contributed by atoms with E-state index in [1.165, 1.54) is 0 Å². The second-order valence-electron chi connectivity index (χ2n) is 4.86. The summed E-state index contributed by atoms with van der Waals surface area (Å²) in [5.41, 5.74) is 0.483. The van der Waals surface area contributed by atoms with E-state index < -0.39 is 12.0 Å². The molecular formula is C15H21NO3. The van der Waals surface area contributed by atoms with E-state index in [9.17, 15) is 14.7 Å². The Morgan fingerprint density at radius 1 is 1.26 bits per heavy atom. The molecule has 0 heterocycles. The molecule has 19 heavy (non-hydrogen) atoms. The highest BCUT2D eigenvalue weighted by atomic mass is 16.4. The molecule has 1 aromatic carbocycles. The van der Waals surface area contributed by atoms with Gasteiger partial charge in [0.05, 0.1) is 0 Å². The predicted molar refractivity (Wildman–Crippen MR) is 74.0 cm³/mol. The molecule has 0 saturated carbocycles. The van der Waals surface area contributed by atoms with Gasteiger partial charge in [-0.15, -0.1) is 0 Å². The molecule has 0 fully saturated rings. The number of carbonyl (C=O) groups excluding carboxylic acids is 1. The number of carbonyl (C=O) groups is 2. The Balaban J connectivity index is 2.64. The summed E-state index contributed by atoms with van der Waals surface area (Å²) in [6, 6.07) is 7.84. The standard InChI is InChI=1S/C15H21NO3/c1-3-7-11(2)10-13(15(18)19)16-14(17)12-8-5-4-6-9-12/h4-6,8-9,11,13H,3,7,10H2,1-2H3,(H,16,17)(H,18,19). The highest BCUT2D eigenvalue weighted by molar-refractivity contribution is 5.96.